The van der Waals surface area contributed by atoms with Crippen LogP contribution in [-0.4, -0.2) is 34.8 Å². The molecule has 0 amide bonds. The molecule has 4 rings (SSSR count). The molecule has 3 saturated carbocycles. The highest BCUT2D eigenvalue weighted by atomic mass is 19.4. The van der Waals surface area contributed by atoms with Gasteiger partial charge in [-0.25, -0.2) is 0 Å². The zero-order valence-corrected chi connectivity index (χ0v) is 10.9. The van der Waals surface area contributed by atoms with Crippen molar-refractivity contribution in [3.8, 4) is 0 Å². The Morgan fingerprint density at radius 2 is 2.10 bits per heavy atom. The summed E-state index contributed by atoms with van der Waals surface area (Å²) in [5.74, 6) is 0. The first-order chi connectivity index (χ1) is 9.30. The third kappa shape index (κ3) is 2.49. The van der Waals surface area contributed by atoms with Crippen LogP contribution in [0.15, 0.2) is 12.4 Å². The number of hydrogen-bond acceptors (Lipinski definition) is 4. The Labute approximate surface area is 114 Å². The number of nitrogens with two attached hydrogens (primary N) is 1. The molecule has 8 heteroatoms. The largest absolute Gasteiger partial charge is 0.522 e. The summed E-state index contributed by atoms with van der Waals surface area (Å²) < 4.78 is 40.9. The number of alkyl halides is 3. The normalized spacial score (nSPS) is 31.6. The SMILES string of the molecule is NC12CC(n3cc(NCCCOC(F)(F)F)cn3)(C1)C2. The molecule has 112 valence electrons. The topological polar surface area (TPSA) is 65.1 Å². The minimum Gasteiger partial charge on any atom is -0.382 e. The Bertz CT molecular complexity index is 479. The van der Waals surface area contributed by atoms with Gasteiger partial charge < -0.3 is 11.1 Å². The molecule has 0 unspecified atom stereocenters. The van der Waals surface area contributed by atoms with Crippen molar-refractivity contribution in [2.75, 3.05) is 18.5 Å². The molecule has 0 aliphatic heterocycles. The maximum Gasteiger partial charge on any atom is 0.522 e. The van der Waals surface area contributed by atoms with Crippen LogP contribution in [0.5, 0.6) is 0 Å². The van der Waals surface area contributed by atoms with Crippen LogP contribution in [0.4, 0.5) is 18.9 Å². The molecular weight excluding hydrogens is 273 g/mol. The van der Waals surface area contributed by atoms with Crippen molar-refractivity contribution in [3.63, 3.8) is 0 Å². The molecule has 1 heterocycles. The first-order valence-electron chi connectivity index (χ1n) is 6.59. The van der Waals surface area contributed by atoms with E-state index in [1.807, 2.05) is 10.9 Å². The maximum absolute atomic E-state index is 11.8. The molecule has 1 aromatic rings. The fourth-order valence-corrected chi connectivity index (χ4v) is 3.22. The van der Waals surface area contributed by atoms with Crippen LogP contribution in [0.1, 0.15) is 25.7 Å². The van der Waals surface area contributed by atoms with Crippen LogP contribution in [0.3, 0.4) is 0 Å². The molecule has 3 aliphatic rings. The third-order valence-corrected chi connectivity index (χ3v) is 4.03. The third-order valence-electron chi connectivity index (χ3n) is 4.03. The molecule has 20 heavy (non-hydrogen) atoms. The lowest BCUT2D eigenvalue weighted by Gasteiger charge is -2.68. The average Bonchev–Trinajstić information content (AvgIpc) is 2.70. The number of halogens is 3. The molecule has 3 fully saturated rings. The van der Waals surface area contributed by atoms with E-state index in [0.29, 0.717) is 6.54 Å². The first kappa shape index (κ1) is 13.7. The van der Waals surface area contributed by atoms with Gasteiger partial charge in [0, 0.05) is 18.3 Å². The highest BCUT2D eigenvalue weighted by Crippen LogP contribution is 2.63. The lowest BCUT2D eigenvalue weighted by molar-refractivity contribution is -0.324. The van der Waals surface area contributed by atoms with Gasteiger partial charge in [-0.1, -0.05) is 0 Å². The van der Waals surface area contributed by atoms with Crippen molar-refractivity contribution >= 4 is 5.69 Å². The van der Waals surface area contributed by atoms with Crippen LogP contribution in [0, 0.1) is 0 Å². The Morgan fingerprint density at radius 1 is 1.40 bits per heavy atom. The lowest BCUT2D eigenvalue weighted by atomic mass is 9.45. The summed E-state index contributed by atoms with van der Waals surface area (Å²) in [5.41, 5.74) is 6.93. The highest BCUT2D eigenvalue weighted by molar-refractivity contribution is 5.39. The number of nitrogens with zero attached hydrogens (tertiary/aromatic N) is 2. The minimum atomic E-state index is -4.55. The fourth-order valence-electron chi connectivity index (χ4n) is 3.22. The van der Waals surface area contributed by atoms with Gasteiger partial charge in [0.15, 0.2) is 0 Å². The smallest absolute Gasteiger partial charge is 0.382 e. The van der Waals surface area contributed by atoms with Gasteiger partial charge in [-0.3, -0.25) is 9.42 Å². The van der Waals surface area contributed by atoms with Crippen LogP contribution < -0.4 is 11.1 Å². The molecular formula is C12H17F3N4O. The molecule has 0 atom stereocenters. The first-order valence-corrected chi connectivity index (χ1v) is 6.59. The molecule has 2 bridgehead atoms. The van der Waals surface area contributed by atoms with Gasteiger partial charge in [0.1, 0.15) is 0 Å². The summed E-state index contributed by atoms with van der Waals surface area (Å²) in [6, 6.07) is 0. The van der Waals surface area contributed by atoms with Gasteiger partial charge in [-0.05, 0) is 25.7 Å². The summed E-state index contributed by atoms with van der Waals surface area (Å²) in [6.07, 6.45) is 2.19. The van der Waals surface area contributed by atoms with Crippen LogP contribution in [-0.2, 0) is 10.3 Å². The van der Waals surface area contributed by atoms with E-state index in [1.54, 1.807) is 6.20 Å². The van der Waals surface area contributed by atoms with Crippen LogP contribution in [0.25, 0.3) is 0 Å². The lowest BCUT2D eigenvalue weighted by Crippen LogP contribution is -2.76. The monoisotopic (exact) mass is 290 g/mol. The zero-order valence-electron chi connectivity index (χ0n) is 10.9. The molecule has 0 spiro atoms. The summed E-state index contributed by atoms with van der Waals surface area (Å²) in [4.78, 5) is 0. The predicted octanol–water partition coefficient (Wildman–Crippen LogP) is 1.81. The molecule has 3 aliphatic carbocycles. The van der Waals surface area contributed by atoms with Gasteiger partial charge in [0.05, 0.1) is 24.0 Å². The summed E-state index contributed by atoms with van der Waals surface area (Å²) in [6.45, 7) is 0.0693. The molecule has 0 radical (unpaired) electrons. The van der Waals surface area contributed by atoms with E-state index in [9.17, 15) is 13.2 Å². The van der Waals surface area contributed by atoms with Gasteiger partial charge in [-0.2, -0.15) is 5.10 Å². The van der Waals surface area contributed by atoms with Crippen molar-refractivity contribution in [2.24, 2.45) is 5.73 Å². The molecule has 5 nitrogen and oxygen atoms in total. The predicted molar refractivity (Wildman–Crippen MR) is 66.1 cm³/mol. The molecule has 0 saturated heterocycles. The molecule has 1 aromatic heterocycles. The van der Waals surface area contributed by atoms with Gasteiger partial charge in [-0.15, -0.1) is 13.2 Å². The van der Waals surface area contributed by atoms with E-state index in [4.69, 9.17) is 5.73 Å². The second-order valence-electron chi connectivity index (χ2n) is 5.87. The Balaban J connectivity index is 1.40. The average molecular weight is 290 g/mol. The summed E-state index contributed by atoms with van der Waals surface area (Å²) >= 11 is 0. The van der Waals surface area contributed by atoms with E-state index in [1.165, 1.54) is 0 Å². The Morgan fingerprint density at radius 3 is 2.70 bits per heavy atom. The maximum atomic E-state index is 11.8. The molecule has 3 N–H and O–H groups in total. The standard InChI is InChI=1S/C12H17F3N4O/c13-12(14,15)20-3-1-2-17-9-4-18-19(5-9)11-6-10(16,7-11)8-11/h4-5,17H,1-3,6-8,16H2. The van der Waals surface area contributed by atoms with Crippen molar-refractivity contribution in [3.05, 3.63) is 12.4 Å². The van der Waals surface area contributed by atoms with Gasteiger partial charge in [0.2, 0.25) is 0 Å². The van der Waals surface area contributed by atoms with E-state index in [0.717, 1.165) is 24.9 Å². The summed E-state index contributed by atoms with van der Waals surface area (Å²) in [5, 5.41) is 7.34. The zero-order chi connectivity index (χ0) is 14.4. The Hall–Kier alpha value is -1.28. The number of hydrogen-bond donors (Lipinski definition) is 2. The second kappa shape index (κ2) is 4.36. The van der Waals surface area contributed by atoms with E-state index < -0.39 is 6.36 Å². The number of rotatable bonds is 6. The molecule has 0 aromatic carbocycles. The van der Waals surface area contributed by atoms with E-state index in [2.05, 4.69) is 15.2 Å². The van der Waals surface area contributed by atoms with Crippen molar-refractivity contribution in [1.82, 2.24) is 9.78 Å². The number of anilines is 1. The number of ether oxygens (including phenoxy) is 1. The van der Waals surface area contributed by atoms with E-state index in [-0.39, 0.29) is 24.1 Å². The van der Waals surface area contributed by atoms with E-state index >= 15 is 0 Å². The van der Waals surface area contributed by atoms with Crippen molar-refractivity contribution < 1.29 is 17.9 Å². The quantitative estimate of drug-likeness (QED) is 0.784. The minimum absolute atomic E-state index is 0.0223. The van der Waals surface area contributed by atoms with Crippen molar-refractivity contribution in [1.29, 1.82) is 0 Å². The van der Waals surface area contributed by atoms with Crippen LogP contribution in [0.2, 0.25) is 0 Å². The highest BCUT2D eigenvalue weighted by Gasteiger charge is 2.67. The van der Waals surface area contributed by atoms with Gasteiger partial charge in [0.25, 0.3) is 0 Å². The van der Waals surface area contributed by atoms with Crippen molar-refractivity contribution in [2.45, 2.75) is 43.1 Å². The number of aromatic nitrogens is 2. The van der Waals surface area contributed by atoms with Gasteiger partial charge >= 0.3 is 6.36 Å². The summed E-state index contributed by atoms with van der Waals surface area (Å²) in [7, 11) is 0. The Kier molecular flexibility index (Phi) is 2.98. The van der Waals surface area contributed by atoms with Crippen LogP contribution >= 0.6 is 0 Å². The fraction of sp³-hybridized carbons (Fsp3) is 0.750. The second-order valence-corrected chi connectivity index (χ2v) is 5.87. The number of nitrogens with one attached hydrogen (secondary N) is 1.